The van der Waals surface area contributed by atoms with Gasteiger partial charge in [-0.05, 0) is 49.9 Å². The third-order valence-corrected chi connectivity index (χ3v) is 3.42. The third kappa shape index (κ3) is 4.82. The predicted octanol–water partition coefficient (Wildman–Crippen LogP) is 2.72. The number of halogens is 2. The smallest absolute Gasteiger partial charge is 0.387 e. The minimum atomic E-state index is -2.89. The zero-order valence-electron chi connectivity index (χ0n) is 12.0. The van der Waals surface area contributed by atoms with Crippen molar-refractivity contribution in [1.29, 1.82) is 0 Å². The van der Waals surface area contributed by atoms with Crippen LogP contribution in [0.15, 0.2) is 18.2 Å². The number of alkyl halides is 2. The first-order chi connectivity index (χ1) is 10.1. The largest absolute Gasteiger partial charge is 0.490 e. The molecule has 6 heteroatoms. The van der Waals surface area contributed by atoms with Crippen LogP contribution in [0.5, 0.6) is 11.5 Å². The van der Waals surface area contributed by atoms with Crippen molar-refractivity contribution >= 4 is 0 Å². The standard InChI is InChI=1S/C15H21F2NO3/c1-2-20-14-7-11(5-6-13(14)21-15(16)17)12(9-19)18-8-10-3-4-10/h5-7,10,12,15,18-19H,2-4,8-9H2,1H3. The normalized spacial score (nSPS) is 16.0. The quantitative estimate of drug-likeness (QED) is 0.736. The van der Waals surface area contributed by atoms with Crippen molar-refractivity contribution in [1.82, 2.24) is 5.32 Å². The fourth-order valence-electron chi connectivity index (χ4n) is 2.12. The highest BCUT2D eigenvalue weighted by Crippen LogP contribution is 2.33. The molecular weight excluding hydrogens is 280 g/mol. The predicted molar refractivity (Wildman–Crippen MR) is 74.8 cm³/mol. The molecule has 0 bridgehead atoms. The van der Waals surface area contributed by atoms with E-state index in [1.807, 2.05) is 0 Å². The number of hydrogen-bond donors (Lipinski definition) is 2. The molecule has 0 heterocycles. The van der Waals surface area contributed by atoms with Gasteiger partial charge in [-0.3, -0.25) is 0 Å². The lowest BCUT2D eigenvalue weighted by molar-refractivity contribution is -0.0514. The number of benzene rings is 1. The molecule has 0 radical (unpaired) electrons. The molecule has 0 saturated heterocycles. The second-order valence-corrected chi connectivity index (χ2v) is 5.10. The number of ether oxygens (including phenoxy) is 2. The van der Waals surface area contributed by atoms with Gasteiger partial charge in [0.1, 0.15) is 0 Å². The Morgan fingerprint density at radius 1 is 1.33 bits per heavy atom. The van der Waals surface area contributed by atoms with Gasteiger partial charge in [-0.15, -0.1) is 0 Å². The van der Waals surface area contributed by atoms with Crippen molar-refractivity contribution in [2.24, 2.45) is 5.92 Å². The van der Waals surface area contributed by atoms with Crippen LogP contribution in [0.2, 0.25) is 0 Å². The van der Waals surface area contributed by atoms with Crippen LogP contribution in [0, 0.1) is 5.92 Å². The highest BCUT2D eigenvalue weighted by Gasteiger charge is 2.23. The van der Waals surface area contributed by atoms with Gasteiger partial charge in [0.2, 0.25) is 0 Å². The highest BCUT2D eigenvalue weighted by molar-refractivity contribution is 5.44. The summed E-state index contributed by atoms with van der Waals surface area (Å²) in [7, 11) is 0. The molecule has 1 saturated carbocycles. The van der Waals surface area contributed by atoms with Gasteiger partial charge in [-0.2, -0.15) is 8.78 Å². The first-order valence-electron chi connectivity index (χ1n) is 7.19. The molecule has 2 rings (SSSR count). The SMILES string of the molecule is CCOc1cc(C(CO)NCC2CC2)ccc1OC(F)F. The van der Waals surface area contributed by atoms with Gasteiger partial charge in [-0.1, -0.05) is 6.07 Å². The van der Waals surface area contributed by atoms with Crippen LogP contribution < -0.4 is 14.8 Å². The molecule has 0 aromatic heterocycles. The van der Waals surface area contributed by atoms with Gasteiger partial charge in [0.15, 0.2) is 11.5 Å². The van der Waals surface area contributed by atoms with E-state index in [-0.39, 0.29) is 24.1 Å². The van der Waals surface area contributed by atoms with E-state index in [1.54, 1.807) is 19.1 Å². The molecule has 1 atom stereocenters. The van der Waals surface area contributed by atoms with Crippen molar-refractivity contribution < 1.29 is 23.4 Å². The fraction of sp³-hybridized carbons (Fsp3) is 0.600. The van der Waals surface area contributed by atoms with E-state index in [4.69, 9.17) is 4.74 Å². The Kier molecular flexibility index (Phi) is 5.76. The molecule has 1 aromatic rings. The van der Waals surface area contributed by atoms with Crippen LogP contribution in [0.3, 0.4) is 0 Å². The van der Waals surface area contributed by atoms with Crippen molar-refractivity contribution in [3.63, 3.8) is 0 Å². The summed E-state index contributed by atoms with van der Waals surface area (Å²) < 4.78 is 34.5. The Morgan fingerprint density at radius 2 is 2.10 bits per heavy atom. The van der Waals surface area contributed by atoms with E-state index in [1.165, 1.54) is 18.9 Å². The topological polar surface area (TPSA) is 50.7 Å². The molecule has 21 heavy (non-hydrogen) atoms. The molecule has 4 nitrogen and oxygen atoms in total. The molecule has 1 aliphatic carbocycles. The average molecular weight is 301 g/mol. The molecule has 1 aliphatic rings. The van der Waals surface area contributed by atoms with Gasteiger partial charge in [0.05, 0.1) is 19.3 Å². The lowest BCUT2D eigenvalue weighted by atomic mass is 10.1. The van der Waals surface area contributed by atoms with Crippen LogP contribution in [0.4, 0.5) is 8.78 Å². The molecule has 0 amide bonds. The summed E-state index contributed by atoms with van der Waals surface area (Å²) in [5.74, 6) is 0.961. The summed E-state index contributed by atoms with van der Waals surface area (Å²) in [6.07, 6.45) is 2.44. The average Bonchev–Trinajstić information content (AvgIpc) is 3.26. The van der Waals surface area contributed by atoms with E-state index in [9.17, 15) is 13.9 Å². The van der Waals surface area contributed by atoms with Crippen LogP contribution >= 0.6 is 0 Å². The minimum absolute atomic E-state index is 0.00878. The fourth-order valence-corrected chi connectivity index (χ4v) is 2.12. The Bertz CT molecular complexity index is 453. The summed E-state index contributed by atoms with van der Waals surface area (Å²) in [6.45, 7) is 0.0186. The molecule has 1 aromatic carbocycles. The van der Waals surface area contributed by atoms with Crippen molar-refractivity contribution in [2.75, 3.05) is 19.8 Å². The Hall–Kier alpha value is -1.40. The maximum atomic E-state index is 12.4. The summed E-state index contributed by atoms with van der Waals surface area (Å²) >= 11 is 0. The van der Waals surface area contributed by atoms with Crippen LogP contribution in [-0.2, 0) is 0 Å². The van der Waals surface area contributed by atoms with Crippen LogP contribution in [0.25, 0.3) is 0 Å². The first kappa shape index (κ1) is 16.0. The van der Waals surface area contributed by atoms with E-state index in [0.29, 0.717) is 12.5 Å². The number of hydrogen-bond acceptors (Lipinski definition) is 4. The Morgan fingerprint density at radius 3 is 2.67 bits per heavy atom. The lowest BCUT2D eigenvalue weighted by Gasteiger charge is -2.19. The number of aliphatic hydroxyl groups is 1. The zero-order chi connectivity index (χ0) is 15.2. The maximum Gasteiger partial charge on any atom is 0.387 e. The number of aliphatic hydroxyl groups excluding tert-OH is 1. The monoisotopic (exact) mass is 301 g/mol. The summed E-state index contributed by atoms with van der Waals surface area (Å²) in [6, 6.07) is 4.53. The van der Waals surface area contributed by atoms with Crippen LogP contribution in [0.1, 0.15) is 31.4 Å². The van der Waals surface area contributed by atoms with Crippen molar-refractivity contribution in [3.8, 4) is 11.5 Å². The van der Waals surface area contributed by atoms with Gasteiger partial charge < -0.3 is 19.9 Å². The Balaban J connectivity index is 2.11. The molecule has 0 spiro atoms. The molecule has 2 N–H and O–H groups in total. The minimum Gasteiger partial charge on any atom is -0.490 e. The highest BCUT2D eigenvalue weighted by atomic mass is 19.3. The number of nitrogens with one attached hydrogen (secondary N) is 1. The maximum absolute atomic E-state index is 12.4. The van der Waals surface area contributed by atoms with E-state index in [0.717, 1.165) is 12.1 Å². The van der Waals surface area contributed by atoms with E-state index >= 15 is 0 Å². The number of rotatable bonds is 9. The van der Waals surface area contributed by atoms with Crippen molar-refractivity contribution in [2.45, 2.75) is 32.4 Å². The Labute approximate surface area is 123 Å². The molecule has 118 valence electrons. The third-order valence-electron chi connectivity index (χ3n) is 3.42. The second kappa shape index (κ2) is 7.56. The summed E-state index contributed by atoms with van der Waals surface area (Å²) in [4.78, 5) is 0. The summed E-state index contributed by atoms with van der Waals surface area (Å²) in [5, 5.41) is 12.8. The van der Waals surface area contributed by atoms with Gasteiger partial charge in [0, 0.05) is 0 Å². The molecule has 0 aliphatic heterocycles. The second-order valence-electron chi connectivity index (χ2n) is 5.10. The molecule has 1 unspecified atom stereocenters. The lowest BCUT2D eigenvalue weighted by Crippen LogP contribution is -2.26. The summed E-state index contributed by atoms with van der Waals surface area (Å²) in [5.41, 5.74) is 0.795. The van der Waals surface area contributed by atoms with Crippen molar-refractivity contribution in [3.05, 3.63) is 23.8 Å². The van der Waals surface area contributed by atoms with Gasteiger partial charge in [0.25, 0.3) is 0 Å². The van der Waals surface area contributed by atoms with E-state index < -0.39 is 6.61 Å². The molecule has 1 fully saturated rings. The zero-order valence-corrected chi connectivity index (χ0v) is 12.0. The van der Waals surface area contributed by atoms with Gasteiger partial charge in [-0.25, -0.2) is 0 Å². The van der Waals surface area contributed by atoms with Gasteiger partial charge >= 0.3 is 6.61 Å². The van der Waals surface area contributed by atoms with Crippen LogP contribution in [-0.4, -0.2) is 31.5 Å². The van der Waals surface area contributed by atoms with E-state index in [2.05, 4.69) is 10.1 Å². The first-order valence-corrected chi connectivity index (χ1v) is 7.19. The molecular formula is C15H21F2NO3.